The molecule has 2 nitrogen and oxygen atoms in total. The van der Waals surface area contributed by atoms with Crippen molar-refractivity contribution < 1.29 is 0 Å². The zero-order valence-electron chi connectivity index (χ0n) is 8.67. The Hall–Kier alpha value is -1.05. The van der Waals surface area contributed by atoms with Crippen molar-refractivity contribution in [2.45, 2.75) is 27.2 Å². The van der Waals surface area contributed by atoms with E-state index in [1.807, 2.05) is 27.0 Å². The molecule has 0 heterocycles. The van der Waals surface area contributed by atoms with Gasteiger partial charge in [-0.2, -0.15) is 5.10 Å². The zero-order chi connectivity index (χ0) is 9.98. The van der Waals surface area contributed by atoms with Crippen molar-refractivity contribution >= 4 is 6.72 Å². The van der Waals surface area contributed by atoms with Crippen molar-refractivity contribution in [3.63, 3.8) is 0 Å². The Bertz CT molecular complexity index is 148. The first-order valence-corrected chi connectivity index (χ1v) is 4.28. The molecule has 0 amide bonds. The van der Waals surface area contributed by atoms with Gasteiger partial charge in [0.05, 0.1) is 0 Å². The van der Waals surface area contributed by atoms with E-state index in [4.69, 9.17) is 0 Å². The molecule has 0 bridgehead atoms. The lowest BCUT2D eigenvalue weighted by molar-refractivity contribution is 0.436. The van der Waals surface area contributed by atoms with Crippen molar-refractivity contribution in [2.24, 2.45) is 5.10 Å². The SMILES string of the molecule is C=C/C=C(\CC)N(C)N=C.CC. The Labute approximate surface area is 76.3 Å². The predicted octanol–water partition coefficient (Wildman–Crippen LogP) is 3.04. The molecule has 0 N–H and O–H groups in total. The lowest BCUT2D eigenvalue weighted by Gasteiger charge is -2.13. The second kappa shape index (κ2) is 9.95. The summed E-state index contributed by atoms with van der Waals surface area (Å²) in [5.41, 5.74) is 1.12. The van der Waals surface area contributed by atoms with E-state index in [0.29, 0.717) is 0 Å². The van der Waals surface area contributed by atoms with Gasteiger partial charge in [0.1, 0.15) is 0 Å². The molecule has 0 rings (SSSR count). The smallest absolute Gasteiger partial charge is 0.0361 e. The molecule has 0 aromatic heterocycles. The van der Waals surface area contributed by atoms with Gasteiger partial charge in [0.2, 0.25) is 0 Å². The molecule has 70 valence electrons. The molecule has 0 spiro atoms. The highest BCUT2D eigenvalue weighted by molar-refractivity contribution is 5.23. The van der Waals surface area contributed by atoms with Gasteiger partial charge >= 0.3 is 0 Å². The summed E-state index contributed by atoms with van der Waals surface area (Å²) < 4.78 is 0. The lowest BCUT2D eigenvalue weighted by Crippen LogP contribution is -2.08. The molecular formula is C10H20N2. The number of nitrogens with zero attached hydrogens (tertiary/aromatic N) is 2. The molecule has 0 aromatic carbocycles. The fourth-order valence-corrected chi connectivity index (χ4v) is 0.681. The fourth-order valence-electron chi connectivity index (χ4n) is 0.681. The number of rotatable bonds is 4. The van der Waals surface area contributed by atoms with Crippen molar-refractivity contribution in [2.75, 3.05) is 7.05 Å². The average Bonchev–Trinajstić information content (AvgIpc) is 2.16. The first kappa shape index (κ1) is 13.5. The van der Waals surface area contributed by atoms with Gasteiger partial charge in [-0.25, -0.2) is 0 Å². The van der Waals surface area contributed by atoms with Crippen LogP contribution in [0, 0.1) is 0 Å². The number of hydrogen-bond acceptors (Lipinski definition) is 2. The molecule has 0 radical (unpaired) electrons. The highest BCUT2D eigenvalue weighted by Gasteiger charge is 1.95. The normalized spacial score (nSPS) is 9.50. The maximum absolute atomic E-state index is 3.75. The molecule has 0 saturated carbocycles. The van der Waals surface area contributed by atoms with E-state index in [1.165, 1.54) is 0 Å². The van der Waals surface area contributed by atoms with Crippen molar-refractivity contribution in [3.8, 4) is 0 Å². The highest BCUT2D eigenvalue weighted by Crippen LogP contribution is 2.05. The number of hydrazone groups is 1. The van der Waals surface area contributed by atoms with Crippen LogP contribution in [-0.2, 0) is 0 Å². The van der Waals surface area contributed by atoms with Gasteiger partial charge in [0.25, 0.3) is 0 Å². The maximum Gasteiger partial charge on any atom is 0.0361 e. The Morgan fingerprint density at radius 1 is 1.50 bits per heavy atom. The summed E-state index contributed by atoms with van der Waals surface area (Å²) in [5.74, 6) is 0. The summed E-state index contributed by atoms with van der Waals surface area (Å²) in [6.45, 7) is 13.1. The van der Waals surface area contributed by atoms with Gasteiger partial charge in [0.15, 0.2) is 0 Å². The van der Waals surface area contributed by atoms with Gasteiger partial charge in [-0.05, 0) is 12.5 Å². The van der Waals surface area contributed by atoms with E-state index >= 15 is 0 Å². The average molecular weight is 168 g/mol. The van der Waals surface area contributed by atoms with Crippen LogP contribution in [0.4, 0.5) is 0 Å². The Morgan fingerprint density at radius 2 is 2.00 bits per heavy atom. The number of allylic oxidation sites excluding steroid dienone is 3. The van der Waals surface area contributed by atoms with Crippen molar-refractivity contribution in [3.05, 3.63) is 24.4 Å². The van der Waals surface area contributed by atoms with Crippen LogP contribution >= 0.6 is 0 Å². The minimum absolute atomic E-state index is 0.946. The van der Waals surface area contributed by atoms with E-state index in [-0.39, 0.29) is 0 Å². The molecule has 0 aliphatic carbocycles. The second-order valence-electron chi connectivity index (χ2n) is 1.91. The van der Waals surface area contributed by atoms with E-state index in [9.17, 15) is 0 Å². The van der Waals surface area contributed by atoms with E-state index in [2.05, 4.69) is 25.3 Å². The Balaban J connectivity index is 0. The second-order valence-corrected chi connectivity index (χ2v) is 1.91. The molecule has 2 heteroatoms. The third-order valence-corrected chi connectivity index (χ3v) is 1.30. The van der Waals surface area contributed by atoms with Crippen LogP contribution in [0.15, 0.2) is 29.5 Å². The standard InChI is InChI=1S/C8H14N2.C2H6/c1-5-7-8(6-2)10(4)9-3;1-2/h5,7H,1,3,6H2,2,4H3;1-2H3/b8-7+;. The third-order valence-electron chi connectivity index (χ3n) is 1.30. The summed E-state index contributed by atoms with van der Waals surface area (Å²) in [4.78, 5) is 0. The Kier molecular flexibility index (Phi) is 11.2. The summed E-state index contributed by atoms with van der Waals surface area (Å²) in [6, 6.07) is 0. The van der Waals surface area contributed by atoms with Crippen LogP contribution in [0.25, 0.3) is 0 Å². The molecule has 0 aromatic rings. The fraction of sp³-hybridized carbons (Fsp3) is 0.500. The van der Waals surface area contributed by atoms with E-state index < -0.39 is 0 Å². The van der Waals surface area contributed by atoms with E-state index in [1.54, 1.807) is 11.1 Å². The zero-order valence-corrected chi connectivity index (χ0v) is 8.67. The van der Waals surface area contributed by atoms with Crippen molar-refractivity contribution in [1.82, 2.24) is 5.01 Å². The van der Waals surface area contributed by atoms with Crippen molar-refractivity contribution in [1.29, 1.82) is 0 Å². The molecular weight excluding hydrogens is 148 g/mol. The van der Waals surface area contributed by atoms with Crippen LogP contribution in [-0.4, -0.2) is 18.8 Å². The monoisotopic (exact) mass is 168 g/mol. The minimum atomic E-state index is 0.946. The van der Waals surface area contributed by atoms with Crippen LogP contribution < -0.4 is 0 Å². The molecule has 0 unspecified atom stereocenters. The van der Waals surface area contributed by atoms with Gasteiger partial charge in [-0.1, -0.05) is 33.4 Å². The Morgan fingerprint density at radius 3 is 2.25 bits per heavy atom. The van der Waals surface area contributed by atoms with Crippen LogP contribution in [0.2, 0.25) is 0 Å². The largest absolute Gasteiger partial charge is 0.273 e. The predicted molar refractivity (Wildman–Crippen MR) is 57.2 cm³/mol. The minimum Gasteiger partial charge on any atom is -0.273 e. The molecule has 0 atom stereocenters. The summed E-state index contributed by atoms with van der Waals surface area (Å²) >= 11 is 0. The third kappa shape index (κ3) is 5.71. The van der Waals surface area contributed by atoms with Gasteiger partial charge in [-0.3, -0.25) is 5.01 Å². The summed E-state index contributed by atoms with van der Waals surface area (Å²) in [7, 11) is 1.87. The first-order valence-electron chi connectivity index (χ1n) is 4.28. The molecule has 0 aliphatic rings. The molecule has 0 aliphatic heterocycles. The van der Waals surface area contributed by atoms with Gasteiger partial charge in [0, 0.05) is 19.5 Å². The highest BCUT2D eigenvalue weighted by atomic mass is 15.4. The topological polar surface area (TPSA) is 15.6 Å². The van der Waals surface area contributed by atoms with E-state index in [0.717, 1.165) is 12.1 Å². The lowest BCUT2D eigenvalue weighted by atomic mass is 10.3. The molecule has 0 fully saturated rings. The molecule has 12 heavy (non-hydrogen) atoms. The maximum atomic E-state index is 3.75. The molecule has 0 saturated heterocycles. The summed E-state index contributed by atoms with van der Waals surface area (Å²) in [6.07, 6.45) is 4.62. The number of hydrogen-bond donors (Lipinski definition) is 0. The summed E-state index contributed by atoms with van der Waals surface area (Å²) in [5, 5.41) is 5.48. The van der Waals surface area contributed by atoms with Crippen LogP contribution in [0.1, 0.15) is 27.2 Å². The van der Waals surface area contributed by atoms with Crippen LogP contribution in [0.5, 0.6) is 0 Å². The quantitative estimate of drug-likeness (QED) is 0.358. The van der Waals surface area contributed by atoms with Gasteiger partial charge < -0.3 is 0 Å². The first-order chi connectivity index (χ1) is 5.76. The van der Waals surface area contributed by atoms with Gasteiger partial charge in [-0.15, -0.1) is 0 Å². The van der Waals surface area contributed by atoms with Crippen LogP contribution in [0.3, 0.4) is 0 Å².